The van der Waals surface area contributed by atoms with Crippen LogP contribution in [0.1, 0.15) is 42.5 Å². The molecule has 0 saturated carbocycles. The van der Waals surface area contributed by atoms with Crippen LogP contribution in [0.5, 0.6) is 17.2 Å². The van der Waals surface area contributed by atoms with Crippen LogP contribution >= 0.6 is 0 Å². The Bertz CT molecular complexity index is 1270. The average molecular weight is 452 g/mol. The van der Waals surface area contributed by atoms with E-state index in [4.69, 9.17) is 18.6 Å². The van der Waals surface area contributed by atoms with Gasteiger partial charge in [-0.15, -0.1) is 0 Å². The Balaban J connectivity index is 1.55. The first kappa shape index (κ1) is 22.7. The Morgan fingerprint density at radius 3 is 2.67 bits per heavy atom. The van der Waals surface area contributed by atoms with Gasteiger partial charge in [0, 0.05) is 29.6 Å². The molecule has 2 aromatic carbocycles. The molecule has 1 aliphatic heterocycles. The summed E-state index contributed by atoms with van der Waals surface area (Å²) in [5, 5.41) is 3.69. The van der Waals surface area contributed by atoms with Crippen molar-refractivity contribution in [3.63, 3.8) is 0 Å². The van der Waals surface area contributed by atoms with Crippen LogP contribution in [0.25, 0.3) is 11.0 Å². The monoisotopic (exact) mass is 451 g/mol. The third kappa shape index (κ3) is 4.67. The number of benzene rings is 2. The van der Waals surface area contributed by atoms with Gasteiger partial charge < -0.3 is 23.9 Å². The van der Waals surface area contributed by atoms with Crippen LogP contribution in [0, 0.1) is 6.92 Å². The predicted octanol–water partition coefficient (Wildman–Crippen LogP) is 4.08. The van der Waals surface area contributed by atoms with Gasteiger partial charge in [-0.2, -0.15) is 0 Å². The van der Waals surface area contributed by atoms with Crippen LogP contribution in [0.4, 0.5) is 0 Å². The lowest BCUT2D eigenvalue weighted by atomic mass is 9.92. The van der Waals surface area contributed by atoms with Crippen molar-refractivity contribution in [2.45, 2.75) is 52.2 Å². The molecule has 0 atom stereocenters. The first-order valence-corrected chi connectivity index (χ1v) is 11.0. The normalized spacial score (nSPS) is 14.3. The van der Waals surface area contributed by atoms with E-state index in [0.717, 1.165) is 40.7 Å². The van der Waals surface area contributed by atoms with Gasteiger partial charge in [-0.1, -0.05) is 0 Å². The summed E-state index contributed by atoms with van der Waals surface area (Å²) in [7, 11) is 3.14. The fourth-order valence-corrected chi connectivity index (χ4v) is 4.15. The van der Waals surface area contributed by atoms with Gasteiger partial charge in [-0.25, -0.2) is 4.79 Å². The molecule has 7 heteroatoms. The molecule has 0 aliphatic carbocycles. The van der Waals surface area contributed by atoms with Crippen LogP contribution in [-0.2, 0) is 24.2 Å². The fraction of sp³-hybridized carbons (Fsp3) is 0.385. The third-order valence-electron chi connectivity index (χ3n) is 6.16. The number of fused-ring (bicyclic) bond motifs is 2. The number of carbonyl (C=O) groups excluding carboxylic acids is 1. The molecule has 4 rings (SSSR count). The molecule has 1 amide bonds. The van der Waals surface area contributed by atoms with E-state index in [2.05, 4.69) is 5.32 Å². The number of nitrogens with one attached hydrogen (secondary N) is 1. The second-order valence-corrected chi connectivity index (χ2v) is 8.94. The number of aryl methyl sites for hydroxylation is 2. The summed E-state index contributed by atoms with van der Waals surface area (Å²) >= 11 is 0. The smallest absolute Gasteiger partial charge is 0.340 e. The molecule has 0 spiro atoms. The number of ether oxygens (including phenoxy) is 3. The lowest BCUT2D eigenvalue weighted by Crippen LogP contribution is -2.32. The van der Waals surface area contributed by atoms with E-state index >= 15 is 0 Å². The molecular weight excluding hydrogens is 422 g/mol. The quantitative estimate of drug-likeness (QED) is 0.569. The van der Waals surface area contributed by atoms with Gasteiger partial charge in [0.1, 0.15) is 28.4 Å². The molecule has 1 aliphatic rings. The van der Waals surface area contributed by atoms with Crippen molar-refractivity contribution < 1.29 is 23.4 Å². The van der Waals surface area contributed by atoms with Crippen LogP contribution in [0.3, 0.4) is 0 Å². The van der Waals surface area contributed by atoms with Crippen LogP contribution in [0.15, 0.2) is 39.5 Å². The molecule has 0 unspecified atom stereocenters. The standard InChI is InChI=1S/C26H29NO6/c1-15-19-10-16-8-9-26(2,3)33-22(16)13-23(19)32-25(29)20(15)12-24(28)27-14-17-6-7-18(30-4)11-21(17)31-5/h6-7,10-11,13H,8-9,12,14H2,1-5H3,(H,27,28). The zero-order valence-electron chi connectivity index (χ0n) is 19.7. The maximum atomic E-state index is 12.7. The molecule has 174 valence electrons. The van der Waals surface area contributed by atoms with Gasteiger partial charge in [0.25, 0.3) is 0 Å². The Hall–Kier alpha value is -3.48. The second-order valence-electron chi connectivity index (χ2n) is 8.94. The van der Waals surface area contributed by atoms with E-state index in [1.54, 1.807) is 32.4 Å². The lowest BCUT2D eigenvalue weighted by molar-refractivity contribution is -0.120. The van der Waals surface area contributed by atoms with Crippen LogP contribution < -0.4 is 25.2 Å². The van der Waals surface area contributed by atoms with Crippen molar-refractivity contribution in [3.05, 3.63) is 63.0 Å². The molecule has 3 aromatic rings. The highest BCUT2D eigenvalue weighted by Crippen LogP contribution is 2.36. The highest BCUT2D eigenvalue weighted by molar-refractivity contribution is 5.86. The SMILES string of the molecule is COc1ccc(CNC(=O)Cc2c(C)c3cc4c(cc3oc2=O)OC(C)(C)CC4)c(OC)c1. The zero-order valence-corrected chi connectivity index (χ0v) is 19.7. The van der Waals surface area contributed by atoms with Gasteiger partial charge in [-0.3, -0.25) is 4.79 Å². The lowest BCUT2D eigenvalue weighted by Gasteiger charge is -2.32. The summed E-state index contributed by atoms with van der Waals surface area (Å²) in [5.74, 6) is 1.76. The number of hydrogen-bond acceptors (Lipinski definition) is 6. The molecule has 1 aromatic heterocycles. The summed E-state index contributed by atoms with van der Waals surface area (Å²) in [5.41, 5.74) is 2.72. The number of rotatable bonds is 6. The predicted molar refractivity (Wildman–Crippen MR) is 125 cm³/mol. The molecule has 0 saturated heterocycles. The molecular formula is C26H29NO6. The molecule has 2 heterocycles. The number of amides is 1. The van der Waals surface area contributed by atoms with E-state index < -0.39 is 5.63 Å². The average Bonchev–Trinajstić information content (AvgIpc) is 2.78. The molecule has 33 heavy (non-hydrogen) atoms. The van der Waals surface area contributed by atoms with E-state index in [1.807, 2.05) is 32.9 Å². The van der Waals surface area contributed by atoms with E-state index in [0.29, 0.717) is 22.6 Å². The molecule has 0 bridgehead atoms. The van der Waals surface area contributed by atoms with E-state index in [9.17, 15) is 9.59 Å². The highest BCUT2D eigenvalue weighted by atomic mass is 16.5. The van der Waals surface area contributed by atoms with Crippen molar-refractivity contribution in [1.29, 1.82) is 0 Å². The second kappa shape index (κ2) is 8.81. The molecule has 1 N–H and O–H groups in total. The van der Waals surface area contributed by atoms with Gasteiger partial charge >= 0.3 is 5.63 Å². The number of hydrogen-bond donors (Lipinski definition) is 1. The molecule has 0 radical (unpaired) electrons. The summed E-state index contributed by atoms with van der Waals surface area (Å²) < 4.78 is 22.2. The first-order chi connectivity index (χ1) is 15.7. The van der Waals surface area contributed by atoms with Crippen LogP contribution in [-0.4, -0.2) is 25.7 Å². The van der Waals surface area contributed by atoms with Crippen molar-refractivity contribution in [1.82, 2.24) is 5.32 Å². The van der Waals surface area contributed by atoms with Crippen molar-refractivity contribution >= 4 is 16.9 Å². The largest absolute Gasteiger partial charge is 0.497 e. The van der Waals surface area contributed by atoms with Crippen molar-refractivity contribution in [2.75, 3.05) is 14.2 Å². The Kier molecular flexibility index (Phi) is 6.06. The van der Waals surface area contributed by atoms with E-state index in [-0.39, 0.29) is 24.5 Å². The van der Waals surface area contributed by atoms with Crippen LogP contribution in [0.2, 0.25) is 0 Å². The third-order valence-corrected chi connectivity index (χ3v) is 6.16. The minimum absolute atomic E-state index is 0.0663. The topological polar surface area (TPSA) is 87.0 Å². The van der Waals surface area contributed by atoms with Gasteiger partial charge in [0.2, 0.25) is 5.91 Å². The van der Waals surface area contributed by atoms with Crippen molar-refractivity contribution in [2.24, 2.45) is 0 Å². The summed E-state index contributed by atoms with van der Waals surface area (Å²) in [4.78, 5) is 25.4. The summed E-state index contributed by atoms with van der Waals surface area (Å²) in [6.07, 6.45) is 1.73. The summed E-state index contributed by atoms with van der Waals surface area (Å²) in [6.45, 7) is 6.22. The summed E-state index contributed by atoms with van der Waals surface area (Å²) in [6, 6.07) is 9.20. The fourth-order valence-electron chi connectivity index (χ4n) is 4.15. The highest BCUT2D eigenvalue weighted by Gasteiger charge is 2.28. The Morgan fingerprint density at radius 2 is 1.94 bits per heavy atom. The van der Waals surface area contributed by atoms with Gasteiger partial charge in [-0.05, 0) is 62.9 Å². The first-order valence-electron chi connectivity index (χ1n) is 11.0. The van der Waals surface area contributed by atoms with E-state index in [1.165, 1.54) is 0 Å². The molecule has 7 nitrogen and oxygen atoms in total. The Morgan fingerprint density at radius 1 is 1.15 bits per heavy atom. The van der Waals surface area contributed by atoms with Crippen molar-refractivity contribution in [3.8, 4) is 17.2 Å². The Labute approximate surface area is 192 Å². The van der Waals surface area contributed by atoms with Gasteiger partial charge in [0.05, 0.1) is 26.2 Å². The molecule has 0 fully saturated rings. The number of carbonyl (C=O) groups is 1. The minimum atomic E-state index is -0.507. The number of methoxy groups -OCH3 is 2. The zero-order chi connectivity index (χ0) is 23.8. The minimum Gasteiger partial charge on any atom is -0.497 e. The maximum absolute atomic E-state index is 12.7. The maximum Gasteiger partial charge on any atom is 0.340 e. The van der Waals surface area contributed by atoms with Gasteiger partial charge in [0.15, 0.2) is 0 Å².